The predicted molar refractivity (Wildman–Crippen MR) is 92.1 cm³/mol. The highest BCUT2D eigenvalue weighted by Crippen LogP contribution is 2.29. The number of nitrogens with one attached hydrogen (secondary N) is 1. The Labute approximate surface area is 136 Å². The number of hydrogen-bond donors (Lipinski definition) is 1. The number of carbonyl (C=O) groups excluding carboxylic acids is 1. The highest BCUT2D eigenvalue weighted by Gasteiger charge is 2.22. The molecule has 1 unspecified atom stereocenters. The fourth-order valence-electron chi connectivity index (χ4n) is 1.85. The minimum absolute atomic E-state index is 0.0575. The minimum Gasteiger partial charge on any atom is -0.494 e. The van der Waals surface area contributed by atoms with Gasteiger partial charge in [0.25, 0.3) is 0 Å². The molecule has 3 nitrogen and oxygen atoms in total. The van der Waals surface area contributed by atoms with E-state index in [0.717, 1.165) is 17.0 Å². The van der Waals surface area contributed by atoms with Gasteiger partial charge in [-0.3, -0.25) is 4.79 Å². The van der Waals surface area contributed by atoms with E-state index in [1.807, 2.05) is 25.1 Å². The minimum atomic E-state index is 0.0575. The number of rotatable bonds is 6. The van der Waals surface area contributed by atoms with E-state index in [0.29, 0.717) is 24.3 Å². The van der Waals surface area contributed by atoms with Gasteiger partial charge in [0, 0.05) is 23.0 Å². The number of amides is 1. The predicted octanol–water partition coefficient (Wildman–Crippen LogP) is 4.99. The van der Waals surface area contributed by atoms with E-state index < -0.39 is 0 Å². The first-order chi connectivity index (χ1) is 9.77. The maximum absolute atomic E-state index is 12.1. The van der Waals surface area contributed by atoms with E-state index in [1.54, 1.807) is 0 Å². The SMILES string of the molecule is CCOc1ccc(NC(=O)CC(C)C(C)(C)C)cc1CBr. The second-order valence-corrected chi connectivity index (χ2v) is 6.97. The van der Waals surface area contributed by atoms with Gasteiger partial charge in [0.2, 0.25) is 5.91 Å². The Morgan fingerprint density at radius 1 is 1.38 bits per heavy atom. The molecule has 1 aromatic carbocycles. The summed E-state index contributed by atoms with van der Waals surface area (Å²) in [4.78, 5) is 12.1. The topological polar surface area (TPSA) is 38.3 Å². The largest absolute Gasteiger partial charge is 0.494 e. The normalized spacial score (nSPS) is 12.9. The van der Waals surface area contributed by atoms with Gasteiger partial charge in [-0.15, -0.1) is 0 Å². The van der Waals surface area contributed by atoms with Crippen LogP contribution in [-0.4, -0.2) is 12.5 Å². The molecule has 0 heterocycles. The van der Waals surface area contributed by atoms with E-state index in [1.165, 1.54) is 0 Å². The third-order valence-corrected chi connectivity index (χ3v) is 4.36. The molecule has 0 saturated carbocycles. The van der Waals surface area contributed by atoms with Crippen molar-refractivity contribution in [2.75, 3.05) is 11.9 Å². The van der Waals surface area contributed by atoms with Crippen molar-refractivity contribution in [1.82, 2.24) is 0 Å². The number of ether oxygens (including phenoxy) is 1. The zero-order chi connectivity index (χ0) is 16.0. The third kappa shape index (κ3) is 5.70. The number of anilines is 1. The van der Waals surface area contributed by atoms with Crippen LogP contribution in [0.2, 0.25) is 0 Å². The molecular formula is C17H26BrNO2. The maximum atomic E-state index is 12.1. The van der Waals surface area contributed by atoms with Crippen molar-refractivity contribution in [1.29, 1.82) is 0 Å². The van der Waals surface area contributed by atoms with Crippen LogP contribution in [-0.2, 0) is 10.1 Å². The second-order valence-electron chi connectivity index (χ2n) is 6.41. The highest BCUT2D eigenvalue weighted by molar-refractivity contribution is 9.08. The zero-order valence-electron chi connectivity index (χ0n) is 13.6. The Kier molecular flexibility index (Phi) is 6.72. The molecule has 0 aromatic heterocycles. The summed E-state index contributed by atoms with van der Waals surface area (Å²) < 4.78 is 5.55. The third-order valence-electron chi connectivity index (χ3n) is 3.76. The molecule has 1 aromatic rings. The summed E-state index contributed by atoms with van der Waals surface area (Å²) in [5, 5.41) is 3.67. The molecule has 21 heavy (non-hydrogen) atoms. The van der Waals surface area contributed by atoms with E-state index >= 15 is 0 Å². The van der Waals surface area contributed by atoms with Gasteiger partial charge >= 0.3 is 0 Å². The molecule has 1 amide bonds. The Morgan fingerprint density at radius 2 is 2.05 bits per heavy atom. The van der Waals surface area contributed by atoms with Crippen molar-refractivity contribution in [2.45, 2.75) is 46.4 Å². The average molecular weight is 356 g/mol. The van der Waals surface area contributed by atoms with Crippen molar-refractivity contribution in [3.05, 3.63) is 23.8 Å². The van der Waals surface area contributed by atoms with Crippen LogP contribution >= 0.6 is 15.9 Å². The van der Waals surface area contributed by atoms with E-state index in [2.05, 4.69) is 48.9 Å². The van der Waals surface area contributed by atoms with Crippen molar-refractivity contribution >= 4 is 27.5 Å². The Morgan fingerprint density at radius 3 is 2.57 bits per heavy atom. The lowest BCUT2D eigenvalue weighted by atomic mass is 9.80. The summed E-state index contributed by atoms with van der Waals surface area (Å²) in [5.74, 6) is 1.24. The fourth-order valence-corrected chi connectivity index (χ4v) is 2.29. The Bertz CT molecular complexity index is 480. The summed E-state index contributed by atoms with van der Waals surface area (Å²) in [6, 6.07) is 5.75. The van der Waals surface area contributed by atoms with Gasteiger partial charge in [0.05, 0.1) is 6.61 Å². The fraction of sp³-hybridized carbons (Fsp3) is 0.588. The van der Waals surface area contributed by atoms with Crippen LogP contribution in [0.5, 0.6) is 5.75 Å². The van der Waals surface area contributed by atoms with Crippen LogP contribution < -0.4 is 10.1 Å². The summed E-state index contributed by atoms with van der Waals surface area (Å²) in [7, 11) is 0. The smallest absolute Gasteiger partial charge is 0.224 e. The van der Waals surface area contributed by atoms with Gasteiger partial charge in [-0.2, -0.15) is 0 Å². The average Bonchev–Trinajstić information content (AvgIpc) is 2.39. The molecule has 0 fully saturated rings. The summed E-state index contributed by atoms with van der Waals surface area (Å²) >= 11 is 3.45. The molecule has 4 heteroatoms. The Balaban J connectivity index is 2.72. The van der Waals surface area contributed by atoms with Gasteiger partial charge in [-0.25, -0.2) is 0 Å². The van der Waals surface area contributed by atoms with Gasteiger partial charge in [0.15, 0.2) is 0 Å². The van der Waals surface area contributed by atoms with Crippen molar-refractivity contribution in [3.63, 3.8) is 0 Å². The number of alkyl halides is 1. The number of benzene rings is 1. The lowest BCUT2D eigenvalue weighted by molar-refractivity contribution is -0.117. The lowest BCUT2D eigenvalue weighted by Crippen LogP contribution is -2.23. The van der Waals surface area contributed by atoms with Crippen LogP contribution in [0.15, 0.2) is 18.2 Å². The van der Waals surface area contributed by atoms with E-state index in [9.17, 15) is 4.79 Å². The lowest BCUT2D eigenvalue weighted by Gasteiger charge is -2.26. The van der Waals surface area contributed by atoms with Gasteiger partial charge in [-0.1, -0.05) is 43.6 Å². The molecule has 0 spiro atoms. The van der Waals surface area contributed by atoms with E-state index in [-0.39, 0.29) is 11.3 Å². The molecule has 0 bridgehead atoms. The molecule has 0 saturated heterocycles. The molecule has 1 N–H and O–H groups in total. The molecule has 1 atom stereocenters. The Hall–Kier alpha value is -1.03. The quantitative estimate of drug-likeness (QED) is 0.729. The molecule has 0 aliphatic heterocycles. The van der Waals surface area contributed by atoms with Gasteiger partial charge in [0.1, 0.15) is 5.75 Å². The van der Waals surface area contributed by atoms with E-state index in [4.69, 9.17) is 4.74 Å². The maximum Gasteiger partial charge on any atom is 0.224 e. The van der Waals surface area contributed by atoms with Crippen molar-refractivity contribution in [2.24, 2.45) is 11.3 Å². The van der Waals surface area contributed by atoms with Crippen LogP contribution in [0.3, 0.4) is 0 Å². The summed E-state index contributed by atoms with van der Waals surface area (Å²) in [6.45, 7) is 11.2. The van der Waals surface area contributed by atoms with Crippen molar-refractivity contribution in [3.8, 4) is 5.75 Å². The summed E-state index contributed by atoms with van der Waals surface area (Å²) in [6.07, 6.45) is 0.528. The summed E-state index contributed by atoms with van der Waals surface area (Å²) in [5.41, 5.74) is 1.99. The first kappa shape index (κ1) is 18.0. The first-order valence-corrected chi connectivity index (χ1v) is 8.51. The monoisotopic (exact) mass is 355 g/mol. The molecule has 0 aliphatic carbocycles. The number of carbonyl (C=O) groups is 1. The number of hydrogen-bond acceptors (Lipinski definition) is 2. The molecule has 0 radical (unpaired) electrons. The number of halogens is 1. The van der Waals surface area contributed by atoms with Crippen LogP contribution in [0.1, 0.15) is 46.6 Å². The van der Waals surface area contributed by atoms with Gasteiger partial charge < -0.3 is 10.1 Å². The zero-order valence-corrected chi connectivity index (χ0v) is 15.2. The molecule has 118 valence electrons. The highest BCUT2D eigenvalue weighted by atomic mass is 79.9. The molecular weight excluding hydrogens is 330 g/mol. The van der Waals surface area contributed by atoms with Crippen LogP contribution in [0, 0.1) is 11.3 Å². The van der Waals surface area contributed by atoms with Crippen molar-refractivity contribution < 1.29 is 9.53 Å². The van der Waals surface area contributed by atoms with Crippen LogP contribution in [0.25, 0.3) is 0 Å². The van der Waals surface area contributed by atoms with Gasteiger partial charge in [-0.05, 0) is 36.5 Å². The second kappa shape index (κ2) is 7.83. The molecule has 0 aliphatic rings. The van der Waals surface area contributed by atoms with Crippen LogP contribution in [0.4, 0.5) is 5.69 Å². The molecule has 1 rings (SSSR count). The first-order valence-electron chi connectivity index (χ1n) is 7.39. The standard InChI is InChI=1S/C17H26BrNO2/c1-6-21-15-8-7-14(10-13(15)11-18)19-16(20)9-12(2)17(3,4)5/h7-8,10,12H,6,9,11H2,1-5H3,(H,19,20).